The van der Waals surface area contributed by atoms with Gasteiger partial charge in [0.1, 0.15) is 0 Å². The molecule has 0 fully saturated rings. The van der Waals surface area contributed by atoms with Crippen LogP contribution in [0.2, 0.25) is 0 Å². The Morgan fingerprint density at radius 2 is 1.67 bits per heavy atom. The minimum absolute atomic E-state index is 0.242. The third kappa shape index (κ3) is 6.26. The molecule has 0 spiro atoms. The van der Waals surface area contributed by atoms with Crippen LogP contribution in [0.15, 0.2) is 12.8 Å². The van der Waals surface area contributed by atoms with E-state index in [4.69, 9.17) is 4.74 Å². The molecule has 0 saturated heterocycles. The molecule has 1 heteroatoms. The Kier molecular flexibility index (Phi) is 3.82. The molecule has 0 radical (unpaired) electrons. The van der Waals surface area contributed by atoms with E-state index in [0.717, 1.165) is 13.0 Å². The van der Waals surface area contributed by atoms with Crippen LogP contribution in [0.5, 0.6) is 0 Å². The van der Waals surface area contributed by atoms with Crippen molar-refractivity contribution in [2.75, 3.05) is 6.61 Å². The second kappa shape index (κ2) is 3.97. The third-order valence-electron chi connectivity index (χ3n) is 1.60. The largest absolute Gasteiger partial charge is 0.501 e. The van der Waals surface area contributed by atoms with Gasteiger partial charge in [0.05, 0.1) is 12.9 Å². The van der Waals surface area contributed by atoms with Gasteiger partial charge in [0.2, 0.25) is 0 Å². The van der Waals surface area contributed by atoms with E-state index in [0.29, 0.717) is 5.41 Å². The van der Waals surface area contributed by atoms with E-state index < -0.39 is 0 Å². The summed E-state index contributed by atoms with van der Waals surface area (Å²) in [6.45, 7) is 15.5. The molecule has 0 aromatic heterocycles. The van der Waals surface area contributed by atoms with Crippen LogP contribution in [-0.2, 0) is 4.74 Å². The molecule has 0 unspecified atom stereocenters. The topological polar surface area (TPSA) is 9.23 Å². The molecule has 0 rings (SSSR count). The molecular formula is C11H22O. The first-order valence-corrected chi connectivity index (χ1v) is 4.49. The number of hydrogen-bond donors (Lipinski definition) is 0. The number of rotatable bonds is 4. The number of hydrogen-bond acceptors (Lipinski definition) is 1. The fourth-order valence-corrected chi connectivity index (χ4v) is 1.77. The van der Waals surface area contributed by atoms with Crippen molar-refractivity contribution < 1.29 is 4.74 Å². The monoisotopic (exact) mass is 170 g/mol. The zero-order chi connectivity index (χ0) is 9.83. The molecular weight excluding hydrogens is 148 g/mol. The van der Waals surface area contributed by atoms with Crippen LogP contribution in [0.25, 0.3) is 0 Å². The number of ether oxygens (including phenoxy) is 1. The average Bonchev–Trinajstić information content (AvgIpc) is 1.78. The first-order valence-electron chi connectivity index (χ1n) is 4.49. The molecule has 0 atom stereocenters. The Morgan fingerprint density at radius 1 is 1.17 bits per heavy atom. The maximum absolute atomic E-state index is 5.21. The lowest BCUT2D eigenvalue weighted by molar-refractivity contribution is 0.0965. The maximum atomic E-state index is 5.21. The molecule has 0 N–H and O–H groups in total. The van der Waals surface area contributed by atoms with Crippen molar-refractivity contribution in [1.82, 2.24) is 0 Å². The van der Waals surface area contributed by atoms with Gasteiger partial charge in [0, 0.05) is 0 Å². The summed E-state index contributed by atoms with van der Waals surface area (Å²) in [6, 6.07) is 0. The predicted octanol–water partition coefficient (Wildman–Crippen LogP) is 3.61. The molecule has 0 aliphatic heterocycles. The summed E-state index contributed by atoms with van der Waals surface area (Å²) < 4.78 is 5.21. The van der Waals surface area contributed by atoms with Crippen molar-refractivity contribution >= 4 is 0 Å². The van der Waals surface area contributed by atoms with Crippen LogP contribution in [0.1, 0.15) is 41.0 Å². The van der Waals surface area contributed by atoms with E-state index in [1.165, 1.54) is 6.26 Å². The molecule has 72 valence electrons. The van der Waals surface area contributed by atoms with Crippen molar-refractivity contribution in [3.63, 3.8) is 0 Å². The first kappa shape index (κ1) is 11.5. The lowest BCUT2D eigenvalue weighted by Gasteiger charge is -2.31. The second-order valence-corrected chi connectivity index (χ2v) is 5.38. The highest BCUT2D eigenvalue weighted by atomic mass is 16.5. The van der Waals surface area contributed by atoms with Gasteiger partial charge in [-0.1, -0.05) is 41.2 Å². The third-order valence-corrected chi connectivity index (χ3v) is 1.60. The highest BCUT2D eigenvalue weighted by Crippen LogP contribution is 2.33. The van der Waals surface area contributed by atoms with Crippen LogP contribution in [0, 0.1) is 10.8 Å². The van der Waals surface area contributed by atoms with Gasteiger partial charge in [-0.3, -0.25) is 0 Å². The standard InChI is InChI=1S/C11H22O/c1-7-12-9-11(5,6)8-10(2,3)4/h7H,1,8-9H2,2-6H3. The van der Waals surface area contributed by atoms with E-state index in [1.54, 1.807) is 0 Å². The molecule has 0 aliphatic rings. The fraction of sp³-hybridized carbons (Fsp3) is 0.818. The summed E-state index contributed by atoms with van der Waals surface area (Å²) in [7, 11) is 0. The first-order chi connectivity index (χ1) is 5.27. The maximum Gasteiger partial charge on any atom is 0.0924 e. The van der Waals surface area contributed by atoms with Gasteiger partial charge in [-0.15, -0.1) is 0 Å². The van der Waals surface area contributed by atoms with Crippen LogP contribution < -0.4 is 0 Å². The minimum atomic E-state index is 0.242. The van der Waals surface area contributed by atoms with E-state index in [1.807, 2.05) is 0 Å². The molecule has 1 nitrogen and oxygen atoms in total. The lowest BCUT2D eigenvalue weighted by atomic mass is 9.77. The summed E-state index contributed by atoms with van der Waals surface area (Å²) in [5.41, 5.74) is 0.612. The van der Waals surface area contributed by atoms with Crippen molar-refractivity contribution in [3.05, 3.63) is 12.8 Å². The van der Waals surface area contributed by atoms with Crippen molar-refractivity contribution in [2.45, 2.75) is 41.0 Å². The molecule has 0 amide bonds. The zero-order valence-electron chi connectivity index (χ0n) is 9.11. The molecule has 0 aromatic rings. The van der Waals surface area contributed by atoms with Crippen molar-refractivity contribution in [1.29, 1.82) is 0 Å². The molecule has 0 aromatic carbocycles. The predicted molar refractivity (Wildman–Crippen MR) is 54.0 cm³/mol. The van der Waals surface area contributed by atoms with Crippen molar-refractivity contribution in [2.24, 2.45) is 10.8 Å². The van der Waals surface area contributed by atoms with E-state index in [9.17, 15) is 0 Å². The normalized spacial score (nSPS) is 12.8. The van der Waals surface area contributed by atoms with E-state index in [2.05, 4.69) is 41.2 Å². The van der Waals surface area contributed by atoms with E-state index >= 15 is 0 Å². The summed E-state index contributed by atoms with van der Waals surface area (Å²) in [5.74, 6) is 0. The summed E-state index contributed by atoms with van der Waals surface area (Å²) in [6.07, 6.45) is 2.68. The second-order valence-electron chi connectivity index (χ2n) is 5.38. The quantitative estimate of drug-likeness (QED) is 0.586. The van der Waals surface area contributed by atoms with Gasteiger partial charge in [-0.25, -0.2) is 0 Å². The lowest BCUT2D eigenvalue weighted by Crippen LogP contribution is -2.24. The minimum Gasteiger partial charge on any atom is -0.501 e. The van der Waals surface area contributed by atoms with Crippen LogP contribution in [0.4, 0.5) is 0 Å². The van der Waals surface area contributed by atoms with Gasteiger partial charge in [0.25, 0.3) is 0 Å². The van der Waals surface area contributed by atoms with Crippen molar-refractivity contribution in [3.8, 4) is 0 Å². The zero-order valence-corrected chi connectivity index (χ0v) is 9.11. The SMILES string of the molecule is C=COCC(C)(C)CC(C)(C)C. The molecule has 12 heavy (non-hydrogen) atoms. The fourth-order valence-electron chi connectivity index (χ4n) is 1.77. The summed E-state index contributed by atoms with van der Waals surface area (Å²) in [5, 5.41) is 0. The van der Waals surface area contributed by atoms with Crippen LogP contribution in [0.3, 0.4) is 0 Å². The molecule has 0 bridgehead atoms. The van der Waals surface area contributed by atoms with Crippen LogP contribution in [-0.4, -0.2) is 6.61 Å². The van der Waals surface area contributed by atoms with Crippen LogP contribution >= 0.6 is 0 Å². The van der Waals surface area contributed by atoms with Gasteiger partial charge >= 0.3 is 0 Å². The average molecular weight is 170 g/mol. The highest BCUT2D eigenvalue weighted by molar-refractivity contribution is 4.76. The Balaban J connectivity index is 3.94. The Hall–Kier alpha value is -0.460. The van der Waals surface area contributed by atoms with Gasteiger partial charge in [-0.05, 0) is 17.3 Å². The Bertz CT molecular complexity index is 140. The summed E-state index contributed by atoms with van der Waals surface area (Å²) in [4.78, 5) is 0. The Morgan fingerprint density at radius 3 is 2.00 bits per heavy atom. The highest BCUT2D eigenvalue weighted by Gasteiger charge is 2.25. The van der Waals surface area contributed by atoms with E-state index in [-0.39, 0.29) is 5.41 Å². The van der Waals surface area contributed by atoms with Gasteiger partial charge in [0.15, 0.2) is 0 Å². The van der Waals surface area contributed by atoms with Gasteiger partial charge < -0.3 is 4.74 Å². The molecule has 0 saturated carbocycles. The summed E-state index contributed by atoms with van der Waals surface area (Å²) >= 11 is 0. The van der Waals surface area contributed by atoms with Gasteiger partial charge in [-0.2, -0.15) is 0 Å². The molecule has 0 heterocycles. The molecule has 0 aliphatic carbocycles. The smallest absolute Gasteiger partial charge is 0.0924 e. The Labute approximate surface area is 76.8 Å².